The largest absolute Gasteiger partial charge is 0.312 e. The van der Waals surface area contributed by atoms with Gasteiger partial charge in [-0.05, 0) is 19.4 Å². The van der Waals surface area contributed by atoms with Gasteiger partial charge in [-0.1, -0.05) is 29.3 Å². The van der Waals surface area contributed by atoms with Crippen LogP contribution in [-0.2, 0) is 16.6 Å². The Bertz CT molecular complexity index is 475. The number of benzene rings is 1. The Hall–Kier alpha value is -0.910. The van der Waals surface area contributed by atoms with Gasteiger partial charge in [0.2, 0.25) is 10.0 Å². The maximum Gasteiger partial charge on any atom is 0.214 e. The lowest BCUT2D eigenvalue weighted by Gasteiger charge is -2.12. The van der Waals surface area contributed by atoms with Crippen LogP contribution in [-0.4, -0.2) is 39.1 Å². The van der Waals surface area contributed by atoms with Crippen LogP contribution >= 0.6 is 0 Å². The minimum atomic E-state index is -3.10. The maximum absolute atomic E-state index is 11.5. The smallest absolute Gasteiger partial charge is 0.214 e. The van der Waals surface area contributed by atoms with Gasteiger partial charge in [0.1, 0.15) is 0 Å². The van der Waals surface area contributed by atoms with E-state index in [1.165, 1.54) is 21.0 Å². The summed E-state index contributed by atoms with van der Waals surface area (Å²) in [5, 5.41) is 3.16. The highest BCUT2D eigenvalue weighted by Crippen LogP contribution is 2.08. The molecule has 0 radical (unpaired) electrons. The zero-order valence-electron chi connectivity index (χ0n) is 11.5. The fourth-order valence-corrected chi connectivity index (χ4v) is 2.55. The van der Waals surface area contributed by atoms with E-state index < -0.39 is 10.0 Å². The molecule has 0 spiro atoms. The average molecular weight is 270 g/mol. The van der Waals surface area contributed by atoms with Crippen molar-refractivity contribution in [3.8, 4) is 0 Å². The molecule has 0 atom stereocenters. The number of sulfonamides is 1. The highest BCUT2D eigenvalue weighted by atomic mass is 32.2. The third-order valence-electron chi connectivity index (χ3n) is 2.70. The predicted molar refractivity (Wildman–Crippen MR) is 75.1 cm³/mol. The standard InChI is InChI=1S/C13H22N2O2S/c1-11-7-12(2)9-13(8-11)10-14-5-6-18(16,17)15(3)4/h7-9,14H,5-6,10H2,1-4H3. The van der Waals surface area contributed by atoms with Crippen molar-refractivity contribution in [1.29, 1.82) is 0 Å². The first kappa shape index (κ1) is 15.1. The van der Waals surface area contributed by atoms with Gasteiger partial charge in [-0.3, -0.25) is 0 Å². The molecule has 1 aromatic rings. The van der Waals surface area contributed by atoms with Crippen molar-refractivity contribution in [3.63, 3.8) is 0 Å². The first-order valence-electron chi connectivity index (χ1n) is 5.99. The van der Waals surface area contributed by atoms with Crippen LogP contribution in [0.1, 0.15) is 16.7 Å². The van der Waals surface area contributed by atoms with Gasteiger partial charge in [-0.25, -0.2) is 12.7 Å². The Morgan fingerprint density at radius 2 is 1.67 bits per heavy atom. The molecule has 0 bridgehead atoms. The molecule has 1 N–H and O–H groups in total. The molecule has 18 heavy (non-hydrogen) atoms. The van der Waals surface area contributed by atoms with Crippen molar-refractivity contribution in [2.75, 3.05) is 26.4 Å². The fourth-order valence-electron chi connectivity index (χ4n) is 1.79. The number of rotatable bonds is 6. The first-order chi connectivity index (χ1) is 8.31. The topological polar surface area (TPSA) is 49.4 Å². The molecule has 0 aliphatic rings. The monoisotopic (exact) mass is 270 g/mol. The summed E-state index contributed by atoms with van der Waals surface area (Å²) in [5.41, 5.74) is 3.65. The Morgan fingerprint density at radius 1 is 1.11 bits per heavy atom. The quantitative estimate of drug-likeness (QED) is 0.792. The third kappa shape index (κ3) is 4.76. The molecule has 0 heterocycles. The lowest BCUT2D eigenvalue weighted by Crippen LogP contribution is -2.31. The van der Waals surface area contributed by atoms with E-state index in [0.717, 1.165) is 0 Å². The average Bonchev–Trinajstić information content (AvgIpc) is 2.23. The maximum atomic E-state index is 11.5. The van der Waals surface area contributed by atoms with Gasteiger partial charge < -0.3 is 5.32 Å². The van der Waals surface area contributed by atoms with Crippen molar-refractivity contribution in [2.45, 2.75) is 20.4 Å². The second-order valence-electron chi connectivity index (χ2n) is 4.77. The number of aryl methyl sites for hydroxylation is 2. The van der Waals surface area contributed by atoms with Crippen LogP contribution in [0.4, 0.5) is 0 Å². The van der Waals surface area contributed by atoms with Crippen LogP contribution in [0.15, 0.2) is 18.2 Å². The molecule has 0 fully saturated rings. The zero-order valence-corrected chi connectivity index (χ0v) is 12.3. The van der Waals surface area contributed by atoms with Gasteiger partial charge in [0.15, 0.2) is 0 Å². The number of nitrogens with zero attached hydrogens (tertiary/aromatic N) is 1. The van der Waals surface area contributed by atoms with Crippen LogP contribution in [0, 0.1) is 13.8 Å². The predicted octanol–water partition coefficient (Wildman–Crippen LogP) is 1.28. The second kappa shape index (κ2) is 6.31. The van der Waals surface area contributed by atoms with E-state index in [1.807, 2.05) is 0 Å². The van der Waals surface area contributed by atoms with E-state index >= 15 is 0 Å². The summed E-state index contributed by atoms with van der Waals surface area (Å²) in [6.07, 6.45) is 0. The lowest BCUT2D eigenvalue weighted by atomic mass is 10.1. The summed E-state index contributed by atoms with van der Waals surface area (Å²) in [4.78, 5) is 0. The van der Waals surface area contributed by atoms with Crippen LogP contribution in [0.3, 0.4) is 0 Å². The molecule has 0 amide bonds. The van der Waals surface area contributed by atoms with Gasteiger partial charge >= 0.3 is 0 Å². The molecule has 102 valence electrons. The molecule has 0 unspecified atom stereocenters. The van der Waals surface area contributed by atoms with Crippen LogP contribution in [0.25, 0.3) is 0 Å². The SMILES string of the molecule is Cc1cc(C)cc(CNCCS(=O)(=O)N(C)C)c1. The lowest BCUT2D eigenvalue weighted by molar-refractivity contribution is 0.517. The van der Waals surface area contributed by atoms with Gasteiger partial charge in [-0.2, -0.15) is 0 Å². The molecule has 5 heteroatoms. The number of hydrogen-bond acceptors (Lipinski definition) is 3. The summed E-state index contributed by atoms with van der Waals surface area (Å²) >= 11 is 0. The Kier molecular flexibility index (Phi) is 5.31. The minimum absolute atomic E-state index is 0.130. The molecule has 1 rings (SSSR count). The van der Waals surface area contributed by atoms with Crippen LogP contribution in [0.2, 0.25) is 0 Å². The molecule has 0 aliphatic carbocycles. The zero-order chi connectivity index (χ0) is 13.8. The van der Waals surface area contributed by atoms with Gasteiger partial charge in [-0.15, -0.1) is 0 Å². The third-order valence-corrected chi connectivity index (χ3v) is 4.54. The minimum Gasteiger partial charge on any atom is -0.312 e. The molecular weight excluding hydrogens is 248 g/mol. The summed E-state index contributed by atoms with van der Waals surface area (Å²) in [6.45, 7) is 5.29. The van der Waals surface area contributed by atoms with E-state index in [-0.39, 0.29) is 5.75 Å². The molecule has 0 saturated carbocycles. The molecule has 4 nitrogen and oxygen atoms in total. The van der Waals surface area contributed by atoms with Crippen molar-refractivity contribution < 1.29 is 8.42 Å². The van der Waals surface area contributed by atoms with E-state index in [0.29, 0.717) is 13.1 Å². The van der Waals surface area contributed by atoms with E-state index in [9.17, 15) is 8.42 Å². The molecular formula is C13H22N2O2S. The number of hydrogen-bond donors (Lipinski definition) is 1. The molecule has 0 aromatic heterocycles. The highest BCUT2D eigenvalue weighted by molar-refractivity contribution is 7.89. The fraction of sp³-hybridized carbons (Fsp3) is 0.538. The second-order valence-corrected chi connectivity index (χ2v) is 7.07. The Morgan fingerprint density at radius 3 is 2.17 bits per heavy atom. The van der Waals surface area contributed by atoms with Crippen molar-refractivity contribution in [3.05, 3.63) is 34.9 Å². The van der Waals surface area contributed by atoms with Crippen LogP contribution < -0.4 is 5.32 Å². The van der Waals surface area contributed by atoms with Crippen molar-refractivity contribution >= 4 is 10.0 Å². The molecule has 0 aliphatic heterocycles. The first-order valence-corrected chi connectivity index (χ1v) is 7.60. The van der Waals surface area contributed by atoms with Gasteiger partial charge in [0, 0.05) is 27.2 Å². The summed E-state index contributed by atoms with van der Waals surface area (Å²) < 4.78 is 24.3. The van der Waals surface area contributed by atoms with Crippen molar-refractivity contribution in [2.24, 2.45) is 0 Å². The van der Waals surface area contributed by atoms with Crippen molar-refractivity contribution in [1.82, 2.24) is 9.62 Å². The summed E-state index contributed by atoms with van der Waals surface area (Å²) in [7, 11) is 0.0115. The normalized spacial score (nSPS) is 12.1. The van der Waals surface area contributed by atoms with Gasteiger partial charge in [0.05, 0.1) is 5.75 Å². The van der Waals surface area contributed by atoms with E-state index in [1.54, 1.807) is 14.1 Å². The molecule has 0 saturated heterocycles. The molecule has 1 aromatic carbocycles. The Labute approximate surface area is 110 Å². The van der Waals surface area contributed by atoms with E-state index in [4.69, 9.17) is 0 Å². The van der Waals surface area contributed by atoms with Crippen LogP contribution in [0.5, 0.6) is 0 Å². The number of nitrogens with one attached hydrogen (secondary N) is 1. The summed E-state index contributed by atoms with van der Waals surface area (Å²) in [6, 6.07) is 6.35. The highest BCUT2D eigenvalue weighted by Gasteiger charge is 2.12. The van der Waals surface area contributed by atoms with E-state index in [2.05, 4.69) is 37.4 Å². The summed E-state index contributed by atoms with van der Waals surface area (Å²) in [5.74, 6) is 0.130. The van der Waals surface area contributed by atoms with Gasteiger partial charge in [0.25, 0.3) is 0 Å². The Balaban J connectivity index is 2.43.